The van der Waals surface area contributed by atoms with Crippen LogP contribution in [0, 0.1) is 5.82 Å². The number of rotatable bonds is 6. The molecule has 1 rings (SSSR count). The smallest absolute Gasteiger partial charge is 0.194 e. The van der Waals surface area contributed by atoms with Crippen molar-refractivity contribution in [3.05, 3.63) is 46.3 Å². The van der Waals surface area contributed by atoms with Crippen molar-refractivity contribution in [1.82, 2.24) is 0 Å². The third-order valence-electron chi connectivity index (χ3n) is 2.79. The minimum Gasteiger partial charge on any atom is -0.403 e. The Bertz CT molecular complexity index is 433. The van der Waals surface area contributed by atoms with Gasteiger partial charge < -0.3 is 15.2 Å². The van der Waals surface area contributed by atoms with Crippen molar-refractivity contribution in [3.63, 3.8) is 0 Å². The molecule has 0 saturated heterocycles. The van der Waals surface area contributed by atoms with E-state index >= 15 is 0 Å². The van der Waals surface area contributed by atoms with Gasteiger partial charge in [-0.05, 0) is 34.5 Å². The molecule has 0 spiro atoms. The summed E-state index contributed by atoms with van der Waals surface area (Å²) in [5.41, 5.74) is 6.84. The maximum absolute atomic E-state index is 13.2. The number of benzene rings is 1. The van der Waals surface area contributed by atoms with Gasteiger partial charge in [0.15, 0.2) is 5.79 Å². The molecular formula is C13H17BrFNO2. The molecule has 18 heavy (non-hydrogen) atoms. The van der Waals surface area contributed by atoms with E-state index in [9.17, 15) is 4.39 Å². The van der Waals surface area contributed by atoms with Crippen LogP contribution in [0.3, 0.4) is 0 Å². The van der Waals surface area contributed by atoms with E-state index in [1.807, 2.05) is 0 Å². The van der Waals surface area contributed by atoms with Gasteiger partial charge in [-0.25, -0.2) is 4.39 Å². The van der Waals surface area contributed by atoms with Crippen molar-refractivity contribution in [3.8, 4) is 0 Å². The van der Waals surface area contributed by atoms with E-state index in [-0.39, 0.29) is 5.82 Å². The Morgan fingerprint density at radius 3 is 2.50 bits per heavy atom. The molecule has 0 atom stereocenters. The van der Waals surface area contributed by atoms with Crippen LogP contribution in [0.4, 0.5) is 4.39 Å². The lowest BCUT2D eigenvalue weighted by molar-refractivity contribution is -0.219. The first-order valence-electron chi connectivity index (χ1n) is 5.44. The second kappa shape index (κ2) is 6.31. The lowest BCUT2D eigenvalue weighted by Gasteiger charge is -2.31. The normalized spacial score (nSPS) is 11.6. The monoisotopic (exact) mass is 317 g/mol. The molecule has 0 radical (unpaired) electrons. The number of allylic oxidation sites excluding steroid dienone is 1. The molecule has 5 heteroatoms. The first-order chi connectivity index (χ1) is 8.45. The largest absolute Gasteiger partial charge is 0.403 e. The highest BCUT2D eigenvalue weighted by Crippen LogP contribution is 2.33. The SMILES string of the molecule is C=C(N)CCC(OC)(OC)c1ccc(F)c(Br)c1. The lowest BCUT2D eigenvalue weighted by atomic mass is 9.99. The number of methoxy groups -OCH3 is 2. The van der Waals surface area contributed by atoms with Crippen LogP contribution in [0.5, 0.6) is 0 Å². The van der Waals surface area contributed by atoms with Gasteiger partial charge in [0, 0.05) is 31.9 Å². The predicted octanol–water partition coefficient (Wildman–Crippen LogP) is 3.29. The molecule has 1 aromatic rings. The van der Waals surface area contributed by atoms with E-state index in [1.165, 1.54) is 6.07 Å². The fourth-order valence-corrected chi connectivity index (χ4v) is 2.10. The Hall–Kier alpha value is -0.910. The molecule has 0 aliphatic rings. The Morgan fingerprint density at radius 1 is 1.44 bits per heavy atom. The van der Waals surface area contributed by atoms with E-state index in [0.717, 1.165) is 5.56 Å². The van der Waals surface area contributed by atoms with Crippen molar-refractivity contribution in [2.24, 2.45) is 5.73 Å². The van der Waals surface area contributed by atoms with Crippen LogP contribution in [-0.2, 0) is 15.3 Å². The Kier molecular flexibility index (Phi) is 5.31. The zero-order chi connectivity index (χ0) is 13.8. The molecule has 1 aromatic carbocycles. The van der Waals surface area contributed by atoms with Gasteiger partial charge in [0.25, 0.3) is 0 Å². The molecule has 2 N–H and O–H groups in total. The first kappa shape index (κ1) is 15.1. The van der Waals surface area contributed by atoms with Gasteiger partial charge in [-0.1, -0.05) is 12.6 Å². The number of hydrogen-bond acceptors (Lipinski definition) is 3. The van der Waals surface area contributed by atoms with Crippen LogP contribution in [0.2, 0.25) is 0 Å². The lowest BCUT2D eigenvalue weighted by Crippen LogP contribution is -2.31. The molecule has 3 nitrogen and oxygen atoms in total. The molecule has 0 heterocycles. The average Bonchev–Trinajstić information content (AvgIpc) is 2.35. The zero-order valence-electron chi connectivity index (χ0n) is 10.5. The highest BCUT2D eigenvalue weighted by Gasteiger charge is 2.32. The number of nitrogens with two attached hydrogens (primary N) is 1. The minimum atomic E-state index is -0.946. The quantitative estimate of drug-likeness (QED) is 0.819. The topological polar surface area (TPSA) is 44.5 Å². The van der Waals surface area contributed by atoms with Gasteiger partial charge in [-0.2, -0.15) is 0 Å². The summed E-state index contributed by atoms with van der Waals surface area (Å²) in [5, 5.41) is 0. The number of ether oxygens (including phenoxy) is 2. The van der Waals surface area contributed by atoms with Crippen LogP contribution >= 0.6 is 15.9 Å². The van der Waals surface area contributed by atoms with Gasteiger partial charge in [0.05, 0.1) is 4.47 Å². The van der Waals surface area contributed by atoms with Crippen LogP contribution in [0.25, 0.3) is 0 Å². The van der Waals surface area contributed by atoms with Crippen molar-refractivity contribution in [2.75, 3.05) is 14.2 Å². The van der Waals surface area contributed by atoms with Gasteiger partial charge in [0.1, 0.15) is 5.82 Å². The van der Waals surface area contributed by atoms with Gasteiger partial charge in [-0.15, -0.1) is 0 Å². The van der Waals surface area contributed by atoms with Crippen LogP contribution in [0.1, 0.15) is 18.4 Å². The molecule has 0 saturated carbocycles. The van der Waals surface area contributed by atoms with Crippen molar-refractivity contribution < 1.29 is 13.9 Å². The molecular weight excluding hydrogens is 301 g/mol. The summed E-state index contributed by atoms with van der Waals surface area (Å²) in [6, 6.07) is 4.64. The summed E-state index contributed by atoms with van der Waals surface area (Å²) < 4.78 is 24.5. The highest BCUT2D eigenvalue weighted by atomic mass is 79.9. The molecule has 100 valence electrons. The molecule has 0 aliphatic heterocycles. The zero-order valence-corrected chi connectivity index (χ0v) is 12.1. The van der Waals surface area contributed by atoms with E-state index in [0.29, 0.717) is 23.0 Å². The molecule has 0 bridgehead atoms. The summed E-state index contributed by atoms with van der Waals surface area (Å²) in [6.07, 6.45) is 1.06. The molecule has 0 aliphatic carbocycles. The minimum absolute atomic E-state index is 0.330. The third kappa shape index (κ3) is 3.31. The van der Waals surface area contributed by atoms with E-state index in [1.54, 1.807) is 26.4 Å². The van der Waals surface area contributed by atoms with E-state index in [4.69, 9.17) is 15.2 Å². The Morgan fingerprint density at radius 2 is 2.06 bits per heavy atom. The van der Waals surface area contributed by atoms with E-state index in [2.05, 4.69) is 22.5 Å². The highest BCUT2D eigenvalue weighted by molar-refractivity contribution is 9.10. The third-order valence-corrected chi connectivity index (χ3v) is 3.40. The molecule has 0 amide bonds. The average molecular weight is 318 g/mol. The van der Waals surface area contributed by atoms with Crippen molar-refractivity contribution >= 4 is 15.9 Å². The standard InChI is InChI=1S/C13H17BrFNO2/c1-9(16)6-7-13(17-2,18-3)10-4-5-12(15)11(14)8-10/h4-5,8H,1,6-7,16H2,2-3H3. The summed E-state index contributed by atoms with van der Waals surface area (Å²) >= 11 is 3.15. The van der Waals surface area contributed by atoms with Crippen molar-refractivity contribution in [1.29, 1.82) is 0 Å². The van der Waals surface area contributed by atoms with Crippen molar-refractivity contribution in [2.45, 2.75) is 18.6 Å². The maximum Gasteiger partial charge on any atom is 0.194 e. The summed E-state index contributed by atoms with van der Waals surface area (Å²) in [5.74, 6) is -1.28. The second-order valence-electron chi connectivity index (χ2n) is 3.95. The van der Waals surface area contributed by atoms with Gasteiger partial charge in [-0.3, -0.25) is 0 Å². The van der Waals surface area contributed by atoms with Crippen LogP contribution in [-0.4, -0.2) is 14.2 Å². The van der Waals surface area contributed by atoms with E-state index < -0.39 is 5.79 Å². The Balaban J connectivity index is 3.09. The summed E-state index contributed by atoms with van der Waals surface area (Å²) in [6.45, 7) is 3.65. The first-order valence-corrected chi connectivity index (χ1v) is 6.23. The van der Waals surface area contributed by atoms with Crippen LogP contribution in [0.15, 0.2) is 34.9 Å². The predicted molar refractivity (Wildman–Crippen MR) is 72.4 cm³/mol. The second-order valence-corrected chi connectivity index (χ2v) is 4.80. The molecule has 0 fully saturated rings. The summed E-state index contributed by atoms with van der Waals surface area (Å²) in [7, 11) is 3.08. The summed E-state index contributed by atoms with van der Waals surface area (Å²) in [4.78, 5) is 0. The van der Waals surface area contributed by atoms with Crippen LogP contribution < -0.4 is 5.73 Å². The fraction of sp³-hybridized carbons (Fsp3) is 0.385. The van der Waals surface area contributed by atoms with Gasteiger partial charge >= 0.3 is 0 Å². The fourth-order valence-electron chi connectivity index (χ4n) is 1.73. The van der Waals surface area contributed by atoms with Gasteiger partial charge in [0.2, 0.25) is 0 Å². The molecule has 0 aromatic heterocycles. The maximum atomic E-state index is 13.2. The Labute approximate surface area is 115 Å². The number of hydrogen-bond donors (Lipinski definition) is 1. The molecule has 0 unspecified atom stereocenters. The number of halogens is 2.